The van der Waals surface area contributed by atoms with Crippen LogP contribution in [0.1, 0.15) is 61.3 Å². The van der Waals surface area contributed by atoms with Gasteiger partial charge in [-0.1, -0.05) is 79.2 Å². The molecule has 1 amide bonds. The third-order valence-electron chi connectivity index (χ3n) is 7.17. The van der Waals surface area contributed by atoms with Gasteiger partial charge in [-0.2, -0.15) is 0 Å². The molecule has 5 heteroatoms. The minimum atomic E-state index is -0.0348. The van der Waals surface area contributed by atoms with Crippen molar-refractivity contribution in [3.8, 4) is 0 Å². The summed E-state index contributed by atoms with van der Waals surface area (Å²) in [4.78, 5) is 17.2. The molecule has 1 saturated heterocycles. The lowest BCUT2D eigenvalue weighted by Gasteiger charge is -2.36. The van der Waals surface area contributed by atoms with Crippen LogP contribution in [0.25, 0.3) is 0 Å². The summed E-state index contributed by atoms with van der Waals surface area (Å²) in [5.41, 5.74) is 3.57. The molecule has 2 aromatic rings. The molecular weight excluding hydrogens is 432 g/mol. The zero-order valence-corrected chi connectivity index (χ0v) is 20.6. The number of aryl methyl sites for hydroxylation is 1. The van der Waals surface area contributed by atoms with E-state index in [0.29, 0.717) is 12.5 Å². The Labute approximate surface area is 203 Å². The predicted octanol–water partition coefficient (Wildman–Crippen LogP) is 6.02. The van der Waals surface area contributed by atoms with Crippen molar-refractivity contribution in [3.63, 3.8) is 0 Å². The van der Waals surface area contributed by atoms with E-state index in [1.54, 1.807) is 0 Å². The first-order valence-corrected chi connectivity index (χ1v) is 12.9. The number of hydrogen-bond donors (Lipinski definition) is 0. The summed E-state index contributed by atoms with van der Waals surface area (Å²) in [5, 5.41) is 0.737. The largest absolute Gasteiger partial charge is 0.368 e. The number of piperazine rings is 1. The highest BCUT2D eigenvalue weighted by Crippen LogP contribution is 2.29. The Bertz CT molecular complexity index is 887. The summed E-state index contributed by atoms with van der Waals surface area (Å²) in [7, 11) is 0. The van der Waals surface area contributed by atoms with Crippen molar-refractivity contribution in [1.29, 1.82) is 0 Å². The van der Waals surface area contributed by atoms with E-state index in [9.17, 15) is 4.79 Å². The van der Waals surface area contributed by atoms with E-state index in [0.717, 1.165) is 62.1 Å². The molecule has 1 aliphatic carbocycles. The fourth-order valence-electron chi connectivity index (χ4n) is 5.13. The van der Waals surface area contributed by atoms with Crippen molar-refractivity contribution >= 4 is 17.5 Å². The minimum Gasteiger partial charge on any atom is -0.368 e. The van der Waals surface area contributed by atoms with E-state index in [4.69, 9.17) is 16.3 Å². The van der Waals surface area contributed by atoms with Crippen LogP contribution in [-0.4, -0.2) is 48.4 Å². The van der Waals surface area contributed by atoms with Gasteiger partial charge in [0.25, 0.3) is 0 Å². The van der Waals surface area contributed by atoms with Gasteiger partial charge in [-0.15, -0.1) is 0 Å². The van der Waals surface area contributed by atoms with Crippen molar-refractivity contribution < 1.29 is 9.53 Å². The average molecular weight is 469 g/mol. The first-order chi connectivity index (χ1) is 16.1. The SMILES string of the molecule is Cc1cccc(COC(CN2CCN(C(=O)CCC3CCCC3)CC2)c2ccc(Cl)cc2)c1. The zero-order chi connectivity index (χ0) is 23.0. The fraction of sp³-hybridized carbons (Fsp3) is 0.536. The molecule has 2 aliphatic rings. The Hall–Kier alpha value is -1.88. The van der Waals surface area contributed by atoms with Gasteiger partial charge >= 0.3 is 0 Å². The molecule has 1 unspecified atom stereocenters. The smallest absolute Gasteiger partial charge is 0.222 e. The van der Waals surface area contributed by atoms with Crippen molar-refractivity contribution in [2.45, 2.75) is 58.2 Å². The van der Waals surface area contributed by atoms with Crippen LogP contribution in [-0.2, 0) is 16.1 Å². The molecule has 33 heavy (non-hydrogen) atoms. The van der Waals surface area contributed by atoms with Crippen LogP contribution in [0.15, 0.2) is 48.5 Å². The van der Waals surface area contributed by atoms with Gasteiger partial charge in [-0.05, 0) is 42.5 Å². The molecular formula is C28H37ClN2O2. The molecule has 1 saturated carbocycles. The maximum Gasteiger partial charge on any atom is 0.222 e. The predicted molar refractivity (Wildman–Crippen MR) is 134 cm³/mol. The molecule has 1 heterocycles. The van der Waals surface area contributed by atoms with Crippen molar-refractivity contribution in [3.05, 3.63) is 70.2 Å². The standard InChI is InChI=1S/C28H37ClN2O2/c1-22-5-4-8-24(19-22)21-33-27(25-10-12-26(29)13-11-25)20-30-15-17-31(18-16-30)28(32)14-9-23-6-2-3-7-23/h4-5,8,10-13,19,23,27H,2-3,6-7,9,14-18,20-21H2,1H3. The number of rotatable bonds is 9. The van der Waals surface area contributed by atoms with E-state index in [-0.39, 0.29) is 6.10 Å². The molecule has 1 atom stereocenters. The van der Waals surface area contributed by atoms with Crippen molar-refractivity contribution in [1.82, 2.24) is 9.80 Å². The first kappa shape index (κ1) is 24.3. The fourth-order valence-corrected chi connectivity index (χ4v) is 5.26. The number of benzene rings is 2. The van der Waals surface area contributed by atoms with Crippen LogP contribution < -0.4 is 0 Å². The lowest BCUT2D eigenvalue weighted by Crippen LogP contribution is -2.49. The summed E-state index contributed by atoms with van der Waals surface area (Å²) < 4.78 is 6.42. The Morgan fingerprint density at radius 1 is 1.06 bits per heavy atom. The second-order valence-electron chi connectivity index (χ2n) is 9.71. The van der Waals surface area contributed by atoms with Crippen LogP contribution in [0.4, 0.5) is 0 Å². The second kappa shape index (κ2) is 12.0. The van der Waals surface area contributed by atoms with Gasteiger partial charge in [0, 0.05) is 44.2 Å². The number of ether oxygens (including phenoxy) is 1. The summed E-state index contributed by atoms with van der Waals surface area (Å²) in [6.45, 7) is 6.92. The molecule has 2 aromatic carbocycles. The summed E-state index contributed by atoms with van der Waals surface area (Å²) >= 11 is 6.12. The van der Waals surface area contributed by atoms with Crippen LogP contribution >= 0.6 is 11.6 Å². The maximum absolute atomic E-state index is 12.7. The Balaban J connectivity index is 1.30. The topological polar surface area (TPSA) is 32.8 Å². The third kappa shape index (κ3) is 7.30. The summed E-state index contributed by atoms with van der Waals surface area (Å²) in [5.74, 6) is 1.12. The van der Waals surface area contributed by atoms with E-state index in [2.05, 4.69) is 53.1 Å². The number of halogens is 1. The van der Waals surface area contributed by atoms with E-state index in [1.807, 2.05) is 12.1 Å². The Kier molecular flexibility index (Phi) is 8.82. The molecule has 178 valence electrons. The van der Waals surface area contributed by atoms with Crippen molar-refractivity contribution in [2.75, 3.05) is 32.7 Å². The van der Waals surface area contributed by atoms with Gasteiger partial charge in [0.05, 0.1) is 12.7 Å². The normalized spacial score (nSPS) is 18.5. The summed E-state index contributed by atoms with van der Waals surface area (Å²) in [6, 6.07) is 16.5. The monoisotopic (exact) mass is 468 g/mol. The lowest BCUT2D eigenvalue weighted by molar-refractivity contribution is -0.133. The molecule has 0 radical (unpaired) electrons. The number of amides is 1. The molecule has 4 rings (SSSR count). The van der Waals surface area contributed by atoms with E-state index < -0.39 is 0 Å². The van der Waals surface area contributed by atoms with Gasteiger partial charge in [0.1, 0.15) is 0 Å². The highest BCUT2D eigenvalue weighted by molar-refractivity contribution is 6.30. The summed E-state index contributed by atoms with van der Waals surface area (Å²) in [6.07, 6.45) is 7.08. The van der Waals surface area contributed by atoms with Crippen molar-refractivity contribution in [2.24, 2.45) is 5.92 Å². The molecule has 4 nitrogen and oxygen atoms in total. The van der Waals surface area contributed by atoms with Gasteiger partial charge in [-0.25, -0.2) is 0 Å². The molecule has 0 N–H and O–H groups in total. The van der Waals surface area contributed by atoms with Crippen LogP contribution in [0.2, 0.25) is 5.02 Å². The highest BCUT2D eigenvalue weighted by Gasteiger charge is 2.25. The third-order valence-corrected chi connectivity index (χ3v) is 7.42. The second-order valence-corrected chi connectivity index (χ2v) is 10.1. The maximum atomic E-state index is 12.7. The molecule has 2 fully saturated rings. The van der Waals surface area contributed by atoms with Crippen LogP contribution in [0.3, 0.4) is 0 Å². The van der Waals surface area contributed by atoms with Gasteiger partial charge in [0.15, 0.2) is 0 Å². The number of carbonyl (C=O) groups excluding carboxylic acids is 1. The molecule has 0 aromatic heterocycles. The molecule has 0 spiro atoms. The van der Waals surface area contributed by atoms with E-state index in [1.165, 1.54) is 36.8 Å². The molecule has 0 bridgehead atoms. The van der Waals surface area contributed by atoms with E-state index >= 15 is 0 Å². The first-order valence-electron chi connectivity index (χ1n) is 12.5. The number of hydrogen-bond acceptors (Lipinski definition) is 3. The van der Waals surface area contributed by atoms with Crippen LogP contribution in [0.5, 0.6) is 0 Å². The van der Waals surface area contributed by atoms with Crippen LogP contribution in [0, 0.1) is 12.8 Å². The quantitative estimate of drug-likeness (QED) is 0.451. The Morgan fingerprint density at radius 3 is 2.48 bits per heavy atom. The van der Waals surface area contributed by atoms with Gasteiger partial charge < -0.3 is 9.64 Å². The number of carbonyl (C=O) groups is 1. The number of nitrogens with zero attached hydrogens (tertiary/aromatic N) is 2. The average Bonchev–Trinajstić information content (AvgIpc) is 3.35. The molecule has 1 aliphatic heterocycles. The highest BCUT2D eigenvalue weighted by atomic mass is 35.5. The lowest BCUT2D eigenvalue weighted by atomic mass is 10.0. The van der Waals surface area contributed by atoms with Gasteiger partial charge in [0.2, 0.25) is 5.91 Å². The minimum absolute atomic E-state index is 0.0348. The zero-order valence-electron chi connectivity index (χ0n) is 19.8. The van der Waals surface area contributed by atoms with Gasteiger partial charge in [-0.3, -0.25) is 9.69 Å². The Morgan fingerprint density at radius 2 is 1.79 bits per heavy atom.